The van der Waals surface area contributed by atoms with Gasteiger partial charge in [0.25, 0.3) is 0 Å². The van der Waals surface area contributed by atoms with Gasteiger partial charge in [-0.25, -0.2) is 4.98 Å². The Morgan fingerprint density at radius 2 is 1.77 bits per heavy atom. The van der Waals surface area contributed by atoms with E-state index < -0.39 is 0 Å². The van der Waals surface area contributed by atoms with Crippen molar-refractivity contribution in [1.82, 2.24) is 19.6 Å². The monoisotopic (exact) mass is 291 g/mol. The Hall–Kier alpha value is -3.15. The van der Waals surface area contributed by atoms with Crippen LogP contribution < -0.4 is 5.32 Å². The van der Waals surface area contributed by atoms with Crippen LogP contribution in [0.1, 0.15) is 5.82 Å². The van der Waals surface area contributed by atoms with E-state index in [2.05, 4.69) is 20.5 Å². The lowest BCUT2D eigenvalue weighted by molar-refractivity contribution is 0.475. The summed E-state index contributed by atoms with van der Waals surface area (Å²) in [5.74, 6) is 1.66. The topological polar surface area (TPSA) is 75.3 Å². The van der Waals surface area contributed by atoms with Gasteiger partial charge in [-0.2, -0.15) is 0 Å². The lowest BCUT2D eigenvalue weighted by Gasteiger charge is -2.09. The van der Waals surface area contributed by atoms with Gasteiger partial charge in [0.1, 0.15) is 11.6 Å². The summed E-state index contributed by atoms with van der Waals surface area (Å²) < 4.78 is 1.98. The van der Waals surface area contributed by atoms with Crippen LogP contribution in [0.5, 0.6) is 5.75 Å². The number of nitrogens with zero attached hydrogens (tertiary/aromatic N) is 4. The molecule has 6 nitrogen and oxygen atoms in total. The Labute approximate surface area is 126 Å². The van der Waals surface area contributed by atoms with E-state index in [4.69, 9.17) is 0 Å². The standard InChI is InChI=1S/C16H13N5O/c1-10-19-20-16-15(17-11-6-8-12(22)9-7-11)18-13-4-2-3-5-14(13)21(10)16/h2-9,22H,1H3,(H,17,18). The van der Waals surface area contributed by atoms with Crippen LogP contribution in [0.15, 0.2) is 48.5 Å². The first kappa shape index (κ1) is 12.6. The summed E-state index contributed by atoms with van der Waals surface area (Å²) >= 11 is 0. The smallest absolute Gasteiger partial charge is 0.204 e. The molecule has 2 aromatic heterocycles. The van der Waals surface area contributed by atoms with Crippen LogP contribution in [0.3, 0.4) is 0 Å². The van der Waals surface area contributed by atoms with Crippen molar-refractivity contribution in [2.45, 2.75) is 6.92 Å². The Bertz CT molecular complexity index is 975. The second-order valence-electron chi connectivity index (χ2n) is 5.03. The number of rotatable bonds is 2. The lowest BCUT2D eigenvalue weighted by atomic mass is 10.3. The van der Waals surface area contributed by atoms with Crippen LogP contribution in [0.25, 0.3) is 16.7 Å². The van der Waals surface area contributed by atoms with E-state index >= 15 is 0 Å². The van der Waals surface area contributed by atoms with Gasteiger partial charge >= 0.3 is 0 Å². The van der Waals surface area contributed by atoms with Gasteiger partial charge in [0.05, 0.1) is 11.0 Å². The summed E-state index contributed by atoms with van der Waals surface area (Å²) in [5, 5.41) is 21.0. The molecule has 108 valence electrons. The molecule has 0 radical (unpaired) electrons. The average molecular weight is 291 g/mol. The minimum atomic E-state index is 0.223. The fraction of sp³-hybridized carbons (Fsp3) is 0.0625. The van der Waals surface area contributed by atoms with E-state index in [0.29, 0.717) is 11.5 Å². The highest BCUT2D eigenvalue weighted by molar-refractivity contribution is 5.84. The third kappa shape index (κ3) is 1.93. The van der Waals surface area contributed by atoms with E-state index in [-0.39, 0.29) is 5.75 Å². The molecule has 0 aliphatic carbocycles. The second-order valence-corrected chi connectivity index (χ2v) is 5.03. The third-order valence-corrected chi connectivity index (χ3v) is 3.52. The number of hydrogen-bond donors (Lipinski definition) is 2. The number of para-hydroxylation sites is 2. The van der Waals surface area contributed by atoms with Gasteiger partial charge in [0, 0.05) is 5.69 Å². The zero-order valence-corrected chi connectivity index (χ0v) is 11.9. The Morgan fingerprint density at radius 1 is 1.00 bits per heavy atom. The van der Waals surface area contributed by atoms with E-state index in [9.17, 15) is 5.11 Å². The molecule has 2 aromatic carbocycles. The normalized spacial score (nSPS) is 11.1. The maximum atomic E-state index is 9.37. The molecule has 0 bridgehead atoms. The molecule has 0 aliphatic heterocycles. The highest BCUT2D eigenvalue weighted by Gasteiger charge is 2.12. The van der Waals surface area contributed by atoms with Crippen LogP contribution in [-0.2, 0) is 0 Å². The molecule has 2 heterocycles. The molecule has 0 unspecified atom stereocenters. The zero-order valence-electron chi connectivity index (χ0n) is 11.9. The second kappa shape index (κ2) is 4.70. The molecule has 4 aromatic rings. The predicted octanol–water partition coefficient (Wildman–Crippen LogP) is 3.04. The highest BCUT2D eigenvalue weighted by atomic mass is 16.3. The van der Waals surface area contributed by atoms with Gasteiger partial charge in [0.15, 0.2) is 5.82 Å². The molecule has 0 spiro atoms. The molecule has 0 saturated carbocycles. The summed E-state index contributed by atoms with van der Waals surface area (Å²) in [6.07, 6.45) is 0. The van der Waals surface area contributed by atoms with Gasteiger partial charge < -0.3 is 10.4 Å². The molecular weight excluding hydrogens is 278 g/mol. The maximum absolute atomic E-state index is 9.37. The summed E-state index contributed by atoms with van der Waals surface area (Å²) in [6.45, 7) is 1.91. The number of aromatic nitrogens is 4. The van der Waals surface area contributed by atoms with E-state index in [0.717, 1.165) is 22.5 Å². The Kier molecular flexibility index (Phi) is 2.69. The first-order valence-corrected chi connectivity index (χ1v) is 6.89. The van der Waals surface area contributed by atoms with Crippen molar-refractivity contribution in [3.8, 4) is 5.75 Å². The minimum absolute atomic E-state index is 0.223. The first-order valence-electron chi connectivity index (χ1n) is 6.89. The summed E-state index contributed by atoms with van der Waals surface area (Å²) in [4.78, 5) is 4.64. The van der Waals surface area contributed by atoms with Crippen LogP contribution in [0.4, 0.5) is 11.5 Å². The SMILES string of the molecule is Cc1nnc2c(Nc3ccc(O)cc3)nc3ccccc3n12. The lowest BCUT2D eigenvalue weighted by Crippen LogP contribution is -2.00. The predicted molar refractivity (Wildman–Crippen MR) is 84.4 cm³/mol. The number of phenolic OH excluding ortho intramolecular Hbond substituents is 1. The summed E-state index contributed by atoms with van der Waals surface area (Å²) in [6, 6.07) is 14.7. The summed E-state index contributed by atoms with van der Waals surface area (Å²) in [5.41, 5.74) is 3.32. The Balaban J connectivity index is 1.94. The first-order chi connectivity index (χ1) is 10.7. The number of phenols is 1. The Morgan fingerprint density at radius 3 is 2.59 bits per heavy atom. The van der Waals surface area contributed by atoms with Crippen molar-refractivity contribution in [3.05, 3.63) is 54.4 Å². The van der Waals surface area contributed by atoms with E-state index in [1.54, 1.807) is 24.3 Å². The quantitative estimate of drug-likeness (QED) is 0.555. The number of aryl methyl sites for hydroxylation is 1. The number of hydrogen-bond acceptors (Lipinski definition) is 5. The largest absolute Gasteiger partial charge is 0.508 e. The molecule has 0 amide bonds. The van der Waals surface area contributed by atoms with E-state index in [1.165, 1.54) is 0 Å². The van der Waals surface area contributed by atoms with Crippen molar-refractivity contribution in [3.63, 3.8) is 0 Å². The van der Waals surface area contributed by atoms with Gasteiger partial charge in [-0.3, -0.25) is 4.40 Å². The molecule has 0 saturated heterocycles. The van der Waals surface area contributed by atoms with Crippen LogP contribution >= 0.6 is 0 Å². The fourth-order valence-corrected chi connectivity index (χ4v) is 2.49. The van der Waals surface area contributed by atoms with Crippen molar-refractivity contribution < 1.29 is 5.11 Å². The van der Waals surface area contributed by atoms with Gasteiger partial charge in [-0.05, 0) is 43.3 Å². The zero-order chi connectivity index (χ0) is 15.1. The van der Waals surface area contributed by atoms with Crippen molar-refractivity contribution in [2.75, 3.05) is 5.32 Å². The number of fused-ring (bicyclic) bond motifs is 3. The van der Waals surface area contributed by atoms with Crippen molar-refractivity contribution in [1.29, 1.82) is 0 Å². The molecule has 6 heteroatoms. The number of benzene rings is 2. The van der Waals surface area contributed by atoms with Crippen LogP contribution in [0, 0.1) is 6.92 Å². The fourth-order valence-electron chi connectivity index (χ4n) is 2.49. The number of aromatic hydroxyl groups is 1. The van der Waals surface area contributed by atoms with Crippen molar-refractivity contribution in [2.24, 2.45) is 0 Å². The molecular formula is C16H13N5O. The molecule has 4 rings (SSSR count). The van der Waals surface area contributed by atoms with Gasteiger partial charge in [-0.15, -0.1) is 10.2 Å². The van der Waals surface area contributed by atoms with Crippen LogP contribution in [0.2, 0.25) is 0 Å². The molecule has 0 atom stereocenters. The average Bonchev–Trinajstić information content (AvgIpc) is 2.92. The molecule has 2 N–H and O–H groups in total. The van der Waals surface area contributed by atoms with Gasteiger partial charge in [-0.1, -0.05) is 12.1 Å². The minimum Gasteiger partial charge on any atom is -0.508 e. The molecule has 0 fully saturated rings. The van der Waals surface area contributed by atoms with Crippen LogP contribution in [-0.4, -0.2) is 24.7 Å². The van der Waals surface area contributed by atoms with Crippen molar-refractivity contribution >= 4 is 28.2 Å². The number of anilines is 2. The summed E-state index contributed by atoms with van der Waals surface area (Å²) in [7, 11) is 0. The van der Waals surface area contributed by atoms with E-state index in [1.807, 2.05) is 35.6 Å². The highest BCUT2D eigenvalue weighted by Crippen LogP contribution is 2.25. The maximum Gasteiger partial charge on any atom is 0.204 e. The third-order valence-electron chi connectivity index (χ3n) is 3.52. The van der Waals surface area contributed by atoms with Gasteiger partial charge in [0.2, 0.25) is 5.65 Å². The molecule has 0 aliphatic rings. The number of nitrogens with one attached hydrogen (secondary N) is 1. The molecule has 22 heavy (non-hydrogen) atoms.